The van der Waals surface area contributed by atoms with Crippen molar-refractivity contribution in [3.63, 3.8) is 0 Å². The largest absolute Gasteiger partial charge is 0.485 e. The Labute approximate surface area is 111 Å². The molecule has 0 fully saturated rings. The summed E-state index contributed by atoms with van der Waals surface area (Å²) in [7, 11) is 1.23. The molecule has 0 amide bonds. The van der Waals surface area contributed by atoms with E-state index in [1.165, 1.54) is 13.2 Å². The Bertz CT molecular complexity index is 451. The summed E-state index contributed by atoms with van der Waals surface area (Å²) < 4.78 is 28.8. The molecule has 1 aromatic carbocycles. The number of anilines is 1. The minimum absolute atomic E-state index is 0.00848. The zero-order chi connectivity index (χ0) is 14.4. The third-order valence-electron chi connectivity index (χ3n) is 2.39. The molecule has 0 saturated heterocycles. The summed E-state index contributed by atoms with van der Waals surface area (Å²) in [4.78, 5) is 11.5. The molecule has 0 aliphatic heterocycles. The minimum atomic E-state index is -0.639. The van der Waals surface area contributed by atoms with Crippen LogP contribution in [-0.2, 0) is 9.47 Å². The van der Waals surface area contributed by atoms with Gasteiger partial charge < -0.3 is 19.9 Å². The van der Waals surface area contributed by atoms with E-state index in [1.807, 2.05) is 6.92 Å². The highest BCUT2D eigenvalue weighted by molar-refractivity contribution is 5.95. The smallest absolute Gasteiger partial charge is 0.340 e. The lowest BCUT2D eigenvalue weighted by Gasteiger charge is -2.16. The van der Waals surface area contributed by atoms with Gasteiger partial charge in [0.1, 0.15) is 6.10 Å². The lowest BCUT2D eigenvalue weighted by molar-refractivity contribution is 0.0592. The number of ether oxygens (including phenoxy) is 3. The second-order valence-corrected chi connectivity index (χ2v) is 3.95. The summed E-state index contributed by atoms with van der Waals surface area (Å²) in [5.74, 6) is -1.32. The van der Waals surface area contributed by atoms with Gasteiger partial charge in [0.05, 0.1) is 19.3 Å². The first-order valence-corrected chi connectivity index (χ1v) is 5.91. The second kappa shape index (κ2) is 6.94. The quantitative estimate of drug-likeness (QED) is 0.633. The molecule has 0 aliphatic rings. The Morgan fingerprint density at radius 2 is 2.16 bits per heavy atom. The summed E-state index contributed by atoms with van der Waals surface area (Å²) in [6.45, 7) is 4.47. The molecule has 1 rings (SSSR count). The first-order valence-electron chi connectivity index (χ1n) is 5.91. The van der Waals surface area contributed by atoms with Crippen molar-refractivity contribution < 1.29 is 23.4 Å². The van der Waals surface area contributed by atoms with E-state index in [0.29, 0.717) is 13.2 Å². The van der Waals surface area contributed by atoms with Crippen LogP contribution in [0, 0.1) is 5.82 Å². The first-order chi connectivity index (χ1) is 8.99. The van der Waals surface area contributed by atoms with E-state index >= 15 is 0 Å². The standard InChI is InChI=1S/C13H18FNO4/c1-4-18-7-8(2)19-12-5-9(13(16)17-3)11(15)6-10(12)14/h5-6,8H,4,7,15H2,1-3H3. The fourth-order valence-electron chi connectivity index (χ4n) is 1.48. The predicted molar refractivity (Wildman–Crippen MR) is 68.7 cm³/mol. The third-order valence-corrected chi connectivity index (χ3v) is 2.39. The van der Waals surface area contributed by atoms with Crippen LogP contribution in [-0.4, -0.2) is 32.4 Å². The number of carbonyl (C=O) groups is 1. The Balaban J connectivity index is 2.91. The van der Waals surface area contributed by atoms with E-state index in [-0.39, 0.29) is 23.1 Å². The third kappa shape index (κ3) is 4.10. The van der Waals surface area contributed by atoms with E-state index in [0.717, 1.165) is 6.07 Å². The highest BCUT2D eigenvalue weighted by Gasteiger charge is 2.17. The maximum Gasteiger partial charge on any atom is 0.340 e. The maximum atomic E-state index is 13.7. The van der Waals surface area contributed by atoms with Crippen LogP contribution in [0.1, 0.15) is 24.2 Å². The van der Waals surface area contributed by atoms with Gasteiger partial charge in [-0.1, -0.05) is 0 Å². The van der Waals surface area contributed by atoms with E-state index < -0.39 is 11.8 Å². The summed E-state index contributed by atoms with van der Waals surface area (Å²) in [6, 6.07) is 2.27. The second-order valence-electron chi connectivity index (χ2n) is 3.95. The van der Waals surface area contributed by atoms with Crippen molar-refractivity contribution in [2.75, 3.05) is 26.1 Å². The zero-order valence-electron chi connectivity index (χ0n) is 11.2. The number of nitrogen functional groups attached to an aromatic ring is 1. The Morgan fingerprint density at radius 1 is 1.47 bits per heavy atom. The molecule has 6 heteroatoms. The molecule has 0 aliphatic carbocycles. The molecule has 2 N–H and O–H groups in total. The normalized spacial score (nSPS) is 12.0. The number of nitrogens with two attached hydrogens (primary N) is 1. The van der Waals surface area contributed by atoms with Crippen molar-refractivity contribution in [2.24, 2.45) is 0 Å². The Morgan fingerprint density at radius 3 is 2.74 bits per heavy atom. The van der Waals surface area contributed by atoms with Crippen molar-refractivity contribution in [2.45, 2.75) is 20.0 Å². The SMILES string of the molecule is CCOCC(C)Oc1cc(C(=O)OC)c(N)cc1F. The minimum Gasteiger partial charge on any atom is -0.485 e. The van der Waals surface area contributed by atoms with Crippen LogP contribution < -0.4 is 10.5 Å². The monoisotopic (exact) mass is 271 g/mol. The Kier molecular flexibility index (Phi) is 5.57. The lowest BCUT2D eigenvalue weighted by Crippen LogP contribution is -2.20. The number of hydrogen-bond acceptors (Lipinski definition) is 5. The molecule has 0 spiro atoms. The summed E-state index contributed by atoms with van der Waals surface area (Å²) >= 11 is 0. The molecule has 19 heavy (non-hydrogen) atoms. The van der Waals surface area contributed by atoms with Crippen molar-refractivity contribution in [3.05, 3.63) is 23.5 Å². The zero-order valence-corrected chi connectivity index (χ0v) is 11.2. The van der Waals surface area contributed by atoms with Crippen LogP contribution in [0.3, 0.4) is 0 Å². The van der Waals surface area contributed by atoms with Gasteiger partial charge in [0.25, 0.3) is 0 Å². The molecule has 0 radical (unpaired) electrons. The number of carbonyl (C=O) groups excluding carboxylic acids is 1. The summed E-state index contributed by atoms with van der Waals surface area (Å²) in [6.07, 6.45) is -0.344. The van der Waals surface area contributed by atoms with Gasteiger partial charge in [-0.25, -0.2) is 9.18 Å². The highest BCUT2D eigenvalue weighted by Crippen LogP contribution is 2.25. The van der Waals surface area contributed by atoms with Gasteiger partial charge in [-0.15, -0.1) is 0 Å². The molecule has 1 atom stereocenters. The van der Waals surface area contributed by atoms with E-state index in [1.54, 1.807) is 6.92 Å². The number of benzene rings is 1. The van der Waals surface area contributed by atoms with Crippen molar-refractivity contribution in [1.82, 2.24) is 0 Å². The van der Waals surface area contributed by atoms with Gasteiger partial charge in [-0.2, -0.15) is 0 Å². The molecule has 0 heterocycles. The topological polar surface area (TPSA) is 70.8 Å². The molecule has 0 aromatic heterocycles. The number of halogens is 1. The van der Waals surface area contributed by atoms with Crippen LogP contribution in [0.4, 0.5) is 10.1 Å². The number of rotatable bonds is 6. The van der Waals surface area contributed by atoms with Crippen LogP contribution in [0.2, 0.25) is 0 Å². The molecule has 0 saturated carbocycles. The summed E-state index contributed by atoms with van der Waals surface area (Å²) in [5.41, 5.74) is 5.64. The van der Waals surface area contributed by atoms with Crippen LogP contribution in [0.15, 0.2) is 12.1 Å². The average molecular weight is 271 g/mol. The molecule has 106 valence electrons. The van der Waals surface area contributed by atoms with Gasteiger partial charge in [-0.3, -0.25) is 0 Å². The van der Waals surface area contributed by atoms with E-state index in [2.05, 4.69) is 4.74 Å². The van der Waals surface area contributed by atoms with Crippen LogP contribution in [0.25, 0.3) is 0 Å². The maximum absolute atomic E-state index is 13.7. The highest BCUT2D eigenvalue weighted by atomic mass is 19.1. The van der Waals surface area contributed by atoms with Crippen molar-refractivity contribution in [3.8, 4) is 5.75 Å². The molecular weight excluding hydrogens is 253 g/mol. The molecule has 0 bridgehead atoms. The average Bonchev–Trinajstić information content (AvgIpc) is 2.38. The van der Waals surface area contributed by atoms with Gasteiger partial charge in [0, 0.05) is 18.4 Å². The van der Waals surface area contributed by atoms with Crippen molar-refractivity contribution in [1.29, 1.82) is 0 Å². The summed E-state index contributed by atoms with van der Waals surface area (Å²) in [5, 5.41) is 0. The predicted octanol–water partition coefficient (Wildman–Crippen LogP) is 2.00. The first kappa shape index (κ1) is 15.2. The van der Waals surface area contributed by atoms with Gasteiger partial charge in [-0.05, 0) is 19.9 Å². The van der Waals surface area contributed by atoms with E-state index in [4.69, 9.17) is 15.2 Å². The van der Waals surface area contributed by atoms with Gasteiger partial charge in [0.15, 0.2) is 11.6 Å². The number of hydrogen-bond donors (Lipinski definition) is 1. The van der Waals surface area contributed by atoms with Crippen molar-refractivity contribution >= 4 is 11.7 Å². The molecule has 1 unspecified atom stereocenters. The lowest BCUT2D eigenvalue weighted by atomic mass is 10.1. The fourth-order valence-corrected chi connectivity index (χ4v) is 1.48. The fraction of sp³-hybridized carbons (Fsp3) is 0.462. The van der Waals surface area contributed by atoms with E-state index in [9.17, 15) is 9.18 Å². The number of esters is 1. The van der Waals surface area contributed by atoms with Gasteiger partial charge >= 0.3 is 5.97 Å². The van der Waals surface area contributed by atoms with Crippen LogP contribution in [0.5, 0.6) is 5.75 Å². The number of methoxy groups -OCH3 is 1. The van der Waals surface area contributed by atoms with Crippen LogP contribution >= 0.6 is 0 Å². The molecule has 1 aromatic rings. The Hall–Kier alpha value is -1.82. The molecular formula is C13H18FNO4. The molecule has 5 nitrogen and oxygen atoms in total. The van der Waals surface area contributed by atoms with Gasteiger partial charge in [0.2, 0.25) is 0 Å².